The molecule has 2 heterocycles. The van der Waals surface area contributed by atoms with Crippen molar-refractivity contribution in [2.75, 3.05) is 7.11 Å². The molecule has 0 aliphatic carbocycles. The van der Waals surface area contributed by atoms with Gasteiger partial charge in [0.1, 0.15) is 17.3 Å². The van der Waals surface area contributed by atoms with Crippen LogP contribution in [0.3, 0.4) is 0 Å². The molecule has 0 atom stereocenters. The zero-order valence-electron chi connectivity index (χ0n) is 16.7. The summed E-state index contributed by atoms with van der Waals surface area (Å²) >= 11 is 6.34. The first-order valence-corrected chi connectivity index (χ1v) is 9.75. The van der Waals surface area contributed by atoms with Crippen LogP contribution in [0.4, 0.5) is 0 Å². The van der Waals surface area contributed by atoms with Crippen molar-refractivity contribution in [1.82, 2.24) is 9.38 Å². The average molecular weight is 397 g/mol. The van der Waals surface area contributed by atoms with E-state index in [1.165, 1.54) is 0 Å². The number of rotatable bonds is 7. The first-order chi connectivity index (χ1) is 13.5. The van der Waals surface area contributed by atoms with Gasteiger partial charge in [-0.25, -0.2) is 4.98 Å². The Morgan fingerprint density at radius 1 is 1.18 bits per heavy atom. The summed E-state index contributed by atoms with van der Waals surface area (Å²) in [6, 6.07) is 11.3. The Hall–Kier alpha value is -2.72. The fourth-order valence-corrected chi connectivity index (χ4v) is 3.30. The standard InChI is InChI=1S/C23H25ClN2O2/c1-5-6-8-18(15-16(2)28-20-12-10-19(27-4)11-13-20)22-17(3)25-23-21(24)9-7-14-26(22)23/h7-15H,5-6H2,1-4H3/b16-15+,18-8+. The van der Waals surface area contributed by atoms with Crippen molar-refractivity contribution in [2.24, 2.45) is 0 Å². The van der Waals surface area contributed by atoms with Gasteiger partial charge in [0.25, 0.3) is 0 Å². The molecule has 5 heteroatoms. The molecule has 0 aliphatic rings. The van der Waals surface area contributed by atoms with Crippen LogP contribution in [0.2, 0.25) is 5.02 Å². The molecule has 3 aromatic rings. The van der Waals surface area contributed by atoms with E-state index in [0.29, 0.717) is 5.02 Å². The van der Waals surface area contributed by atoms with Gasteiger partial charge in [-0.1, -0.05) is 31.0 Å². The third-order valence-electron chi connectivity index (χ3n) is 4.40. The van der Waals surface area contributed by atoms with E-state index in [9.17, 15) is 0 Å². The van der Waals surface area contributed by atoms with Crippen molar-refractivity contribution >= 4 is 22.8 Å². The van der Waals surface area contributed by atoms with Crippen molar-refractivity contribution in [3.63, 3.8) is 0 Å². The average Bonchev–Trinajstić information content (AvgIpc) is 3.03. The molecule has 3 rings (SSSR count). The maximum Gasteiger partial charge on any atom is 0.156 e. The van der Waals surface area contributed by atoms with Crippen molar-refractivity contribution < 1.29 is 9.47 Å². The lowest BCUT2D eigenvalue weighted by molar-refractivity contribution is 0.408. The molecule has 0 spiro atoms. The number of allylic oxidation sites excluding steroid dienone is 4. The largest absolute Gasteiger partial charge is 0.497 e. The molecule has 0 amide bonds. The van der Waals surface area contributed by atoms with Crippen LogP contribution in [0.25, 0.3) is 11.2 Å². The Morgan fingerprint density at radius 2 is 1.89 bits per heavy atom. The number of pyridine rings is 1. The fraction of sp³-hybridized carbons (Fsp3) is 0.261. The van der Waals surface area contributed by atoms with E-state index in [1.807, 2.05) is 60.8 Å². The van der Waals surface area contributed by atoms with Gasteiger partial charge in [0.05, 0.1) is 23.5 Å². The molecule has 0 unspecified atom stereocenters. The van der Waals surface area contributed by atoms with Crippen LogP contribution in [0, 0.1) is 6.92 Å². The van der Waals surface area contributed by atoms with Crippen LogP contribution in [-0.2, 0) is 0 Å². The highest BCUT2D eigenvalue weighted by Crippen LogP contribution is 2.28. The van der Waals surface area contributed by atoms with Gasteiger partial charge in [0.15, 0.2) is 5.65 Å². The van der Waals surface area contributed by atoms with Gasteiger partial charge in [-0.05, 0) is 68.3 Å². The number of unbranched alkanes of at least 4 members (excludes halogenated alkanes) is 1. The number of halogens is 1. The molecule has 0 radical (unpaired) electrons. The van der Waals surface area contributed by atoms with Gasteiger partial charge in [0, 0.05) is 6.20 Å². The summed E-state index contributed by atoms with van der Waals surface area (Å²) in [5.41, 5.74) is 3.80. The van der Waals surface area contributed by atoms with Crippen LogP contribution in [-0.4, -0.2) is 16.5 Å². The summed E-state index contributed by atoms with van der Waals surface area (Å²) in [7, 11) is 1.65. The third kappa shape index (κ3) is 4.39. The smallest absolute Gasteiger partial charge is 0.156 e. The minimum atomic E-state index is 0.641. The number of imidazole rings is 1. The number of hydrogen-bond donors (Lipinski definition) is 0. The number of aryl methyl sites for hydroxylation is 1. The van der Waals surface area contributed by atoms with E-state index < -0.39 is 0 Å². The predicted octanol–water partition coefficient (Wildman–Crippen LogP) is 6.47. The number of hydrogen-bond acceptors (Lipinski definition) is 3. The molecule has 0 fully saturated rings. The van der Waals surface area contributed by atoms with Gasteiger partial charge in [0.2, 0.25) is 0 Å². The molecule has 4 nitrogen and oxygen atoms in total. The number of fused-ring (bicyclic) bond motifs is 1. The highest BCUT2D eigenvalue weighted by atomic mass is 35.5. The van der Waals surface area contributed by atoms with E-state index in [0.717, 1.165) is 52.7 Å². The third-order valence-corrected chi connectivity index (χ3v) is 4.70. The Bertz CT molecular complexity index is 1020. The molecule has 146 valence electrons. The summed E-state index contributed by atoms with van der Waals surface area (Å²) in [4.78, 5) is 4.66. The minimum absolute atomic E-state index is 0.641. The lowest BCUT2D eigenvalue weighted by Gasteiger charge is -2.10. The Kier molecular flexibility index (Phi) is 6.42. The zero-order valence-corrected chi connectivity index (χ0v) is 17.5. The van der Waals surface area contributed by atoms with Crippen molar-refractivity contribution in [3.8, 4) is 11.5 Å². The van der Waals surface area contributed by atoms with Crippen molar-refractivity contribution in [3.05, 3.63) is 76.9 Å². The quantitative estimate of drug-likeness (QED) is 0.339. The lowest BCUT2D eigenvalue weighted by Crippen LogP contribution is -1.96. The van der Waals surface area contributed by atoms with E-state index in [2.05, 4.69) is 24.1 Å². The number of benzene rings is 1. The maximum absolute atomic E-state index is 6.34. The number of ether oxygens (including phenoxy) is 2. The summed E-state index contributed by atoms with van der Waals surface area (Å²) in [5, 5.41) is 0.641. The van der Waals surface area contributed by atoms with E-state index in [4.69, 9.17) is 21.1 Å². The topological polar surface area (TPSA) is 35.8 Å². The van der Waals surface area contributed by atoms with Crippen LogP contribution in [0.1, 0.15) is 38.1 Å². The van der Waals surface area contributed by atoms with Gasteiger partial charge < -0.3 is 9.47 Å². The summed E-state index contributed by atoms with van der Waals surface area (Å²) in [5.74, 6) is 2.36. The SMILES string of the molecule is CCC/C=C(\C=C(/C)Oc1ccc(OC)cc1)c1c(C)nc2c(Cl)cccn12. The Morgan fingerprint density at radius 3 is 2.57 bits per heavy atom. The van der Waals surface area contributed by atoms with Gasteiger partial charge in [-0.2, -0.15) is 0 Å². The second-order valence-corrected chi connectivity index (χ2v) is 6.98. The van der Waals surface area contributed by atoms with Gasteiger partial charge in [-0.3, -0.25) is 4.40 Å². The second-order valence-electron chi connectivity index (χ2n) is 6.58. The molecule has 28 heavy (non-hydrogen) atoms. The maximum atomic E-state index is 6.34. The highest BCUT2D eigenvalue weighted by molar-refractivity contribution is 6.33. The van der Waals surface area contributed by atoms with Crippen molar-refractivity contribution in [2.45, 2.75) is 33.6 Å². The molecule has 2 aromatic heterocycles. The molecule has 0 bridgehead atoms. The fourth-order valence-electron chi connectivity index (χ4n) is 3.10. The van der Waals surface area contributed by atoms with Gasteiger partial charge >= 0.3 is 0 Å². The molecular weight excluding hydrogens is 372 g/mol. The number of nitrogens with zero attached hydrogens (tertiary/aromatic N) is 2. The van der Waals surface area contributed by atoms with E-state index in [1.54, 1.807) is 7.11 Å². The monoisotopic (exact) mass is 396 g/mol. The molecule has 1 aromatic carbocycles. The zero-order chi connectivity index (χ0) is 20.1. The molecule has 0 N–H and O–H groups in total. The van der Waals surface area contributed by atoms with Crippen molar-refractivity contribution in [1.29, 1.82) is 0 Å². The summed E-state index contributed by atoms with van der Waals surface area (Å²) < 4.78 is 13.2. The summed E-state index contributed by atoms with van der Waals surface area (Å²) in [6.07, 6.45) is 8.29. The van der Waals surface area contributed by atoms with Gasteiger partial charge in [-0.15, -0.1) is 0 Å². The Labute approximate surface area is 171 Å². The van der Waals surface area contributed by atoms with E-state index in [-0.39, 0.29) is 0 Å². The number of aromatic nitrogens is 2. The molecule has 0 aliphatic heterocycles. The molecule has 0 saturated carbocycles. The lowest BCUT2D eigenvalue weighted by atomic mass is 10.1. The predicted molar refractivity (Wildman–Crippen MR) is 115 cm³/mol. The van der Waals surface area contributed by atoms with Crippen LogP contribution in [0.15, 0.2) is 60.5 Å². The first-order valence-electron chi connectivity index (χ1n) is 9.37. The van der Waals surface area contributed by atoms with E-state index >= 15 is 0 Å². The second kappa shape index (κ2) is 8.98. The number of methoxy groups -OCH3 is 1. The minimum Gasteiger partial charge on any atom is -0.497 e. The molecular formula is C23H25ClN2O2. The summed E-state index contributed by atoms with van der Waals surface area (Å²) in [6.45, 7) is 6.12. The highest BCUT2D eigenvalue weighted by Gasteiger charge is 2.14. The normalized spacial score (nSPS) is 12.5. The van der Waals surface area contributed by atoms with Crippen LogP contribution >= 0.6 is 11.6 Å². The van der Waals surface area contributed by atoms with Crippen LogP contribution < -0.4 is 9.47 Å². The Balaban J connectivity index is 1.97. The molecule has 0 saturated heterocycles. The first kappa shape index (κ1) is 20.0. The van der Waals surface area contributed by atoms with Crippen LogP contribution in [0.5, 0.6) is 11.5 Å².